The topological polar surface area (TPSA) is 55.8 Å². The van der Waals surface area contributed by atoms with E-state index in [-0.39, 0.29) is 43.4 Å². The first kappa shape index (κ1) is 21.0. The van der Waals surface area contributed by atoms with Gasteiger partial charge in [0.2, 0.25) is 5.91 Å². The van der Waals surface area contributed by atoms with Crippen LogP contribution >= 0.6 is 15.9 Å². The van der Waals surface area contributed by atoms with Crippen LogP contribution in [0.25, 0.3) is 0 Å². The van der Waals surface area contributed by atoms with Gasteiger partial charge in [0.1, 0.15) is 19.0 Å². The molecule has 7 heteroatoms. The molecule has 0 aromatic heterocycles. The summed E-state index contributed by atoms with van der Waals surface area (Å²) < 4.78 is 25.7. The molecule has 1 heterocycles. The van der Waals surface area contributed by atoms with Crippen LogP contribution in [0.5, 0.6) is 11.5 Å². The molecule has 0 unspecified atom stereocenters. The van der Waals surface area contributed by atoms with E-state index >= 15 is 0 Å². The molecule has 0 radical (unpaired) electrons. The number of hydrogen-bond donors (Lipinski definition) is 0. The van der Waals surface area contributed by atoms with Crippen molar-refractivity contribution in [1.29, 1.82) is 0 Å². The molecule has 1 aliphatic heterocycles. The number of ketones is 1. The Labute approximate surface area is 177 Å². The van der Waals surface area contributed by atoms with Crippen LogP contribution < -0.4 is 9.47 Å². The first-order valence-electron chi connectivity index (χ1n) is 9.23. The maximum absolute atomic E-state index is 14.0. The van der Waals surface area contributed by atoms with Gasteiger partial charge in [-0.2, -0.15) is 0 Å². The van der Waals surface area contributed by atoms with Crippen molar-refractivity contribution < 1.29 is 23.5 Å². The van der Waals surface area contributed by atoms with Crippen molar-refractivity contribution in [2.24, 2.45) is 0 Å². The van der Waals surface area contributed by atoms with Gasteiger partial charge in [-0.15, -0.1) is 6.58 Å². The van der Waals surface area contributed by atoms with E-state index in [9.17, 15) is 14.0 Å². The number of fused-ring (bicyclic) bond motifs is 1. The summed E-state index contributed by atoms with van der Waals surface area (Å²) in [5, 5.41) is 0. The normalized spacial score (nSPS) is 12.3. The summed E-state index contributed by atoms with van der Waals surface area (Å²) >= 11 is 3.31. The van der Waals surface area contributed by atoms with Crippen LogP contribution in [0, 0.1) is 5.82 Å². The predicted octanol–water partition coefficient (Wildman–Crippen LogP) is 4.54. The number of ether oxygens (including phenoxy) is 2. The van der Waals surface area contributed by atoms with Gasteiger partial charge in [0.15, 0.2) is 17.3 Å². The lowest BCUT2D eigenvalue weighted by atomic mass is 10.0. The van der Waals surface area contributed by atoms with Gasteiger partial charge in [0, 0.05) is 41.5 Å². The maximum atomic E-state index is 14.0. The highest BCUT2D eigenvalue weighted by Crippen LogP contribution is 2.31. The highest BCUT2D eigenvalue weighted by atomic mass is 79.9. The van der Waals surface area contributed by atoms with E-state index in [1.54, 1.807) is 36.4 Å². The molecule has 0 saturated heterocycles. The Hall–Kier alpha value is -2.67. The summed E-state index contributed by atoms with van der Waals surface area (Å²) in [6, 6.07) is 9.59. The van der Waals surface area contributed by atoms with E-state index in [1.165, 1.54) is 11.0 Å². The summed E-state index contributed by atoms with van der Waals surface area (Å²) in [6.07, 6.45) is 1.65. The number of nitrogens with zero attached hydrogens (tertiary/aromatic N) is 1. The Morgan fingerprint density at radius 1 is 1.10 bits per heavy atom. The fourth-order valence-electron chi connectivity index (χ4n) is 3.02. The third-order valence-corrected chi connectivity index (χ3v) is 4.99. The molecule has 0 saturated carbocycles. The lowest BCUT2D eigenvalue weighted by Crippen LogP contribution is -2.31. The Bertz CT molecular complexity index is 931. The minimum absolute atomic E-state index is 0.0245. The van der Waals surface area contributed by atoms with E-state index in [4.69, 9.17) is 9.47 Å². The molecule has 3 rings (SSSR count). The summed E-state index contributed by atoms with van der Waals surface area (Å²) in [6.45, 7) is 4.95. The van der Waals surface area contributed by atoms with Gasteiger partial charge in [0.25, 0.3) is 0 Å². The first-order valence-corrected chi connectivity index (χ1v) is 10.0. The van der Waals surface area contributed by atoms with Gasteiger partial charge >= 0.3 is 0 Å². The third kappa shape index (κ3) is 5.44. The fraction of sp³-hybridized carbons (Fsp3) is 0.273. The largest absolute Gasteiger partial charge is 0.486 e. The van der Waals surface area contributed by atoms with Gasteiger partial charge in [-0.1, -0.05) is 22.0 Å². The highest BCUT2D eigenvalue weighted by Gasteiger charge is 2.19. The van der Waals surface area contributed by atoms with Crippen molar-refractivity contribution in [3.8, 4) is 11.5 Å². The number of halogens is 2. The molecule has 0 fully saturated rings. The molecule has 29 heavy (non-hydrogen) atoms. The van der Waals surface area contributed by atoms with E-state index in [1.807, 2.05) is 0 Å². The molecule has 0 aliphatic carbocycles. The van der Waals surface area contributed by atoms with Gasteiger partial charge in [0.05, 0.1) is 0 Å². The molecule has 5 nitrogen and oxygen atoms in total. The summed E-state index contributed by atoms with van der Waals surface area (Å²) in [4.78, 5) is 26.6. The number of Topliss-reactive ketones (excluding diaryl/α,β-unsaturated/α-hetero) is 1. The molecule has 0 spiro atoms. The van der Waals surface area contributed by atoms with Crippen LogP contribution in [0.15, 0.2) is 53.5 Å². The van der Waals surface area contributed by atoms with Crippen molar-refractivity contribution >= 4 is 27.6 Å². The molecule has 2 aromatic carbocycles. The van der Waals surface area contributed by atoms with Gasteiger partial charge in [-0.05, 0) is 36.4 Å². The highest BCUT2D eigenvalue weighted by molar-refractivity contribution is 9.10. The van der Waals surface area contributed by atoms with E-state index in [0.717, 1.165) is 4.47 Å². The molecule has 0 bridgehead atoms. The van der Waals surface area contributed by atoms with Crippen LogP contribution in [-0.2, 0) is 11.3 Å². The second kappa shape index (κ2) is 9.69. The molecule has 0 atom stereocenters. The second-order valence-corrected chi connectivity index (χ2v) is 7.50. The van der Waals surface area contributed by atoms with Gasteiger partial charge in [-0.25, -0.2) is 4.39 Å². The number of hydrogen-bond acceptors (Lipinski definition) is 4. The molecule has 2 aromatic rings. The Kier molecular flexibility index (Phi) is 7.04. The second-order valence-electron chi connectivity index (χ2n) is 6.58. The van der Waals surface area contributed by atoms with E-state index in [0.29, 0.717) is 35.8 Å². The standard InChI is InChI=1S/C22H21BrFNO4/c1-2-9-25(14-16-12-17(23)4-5-18(16)24)22(27)8-6-19(26)15-3-7-20-21(13-15)29-11-10-28-20/h2-5,7,12-13H,1,6,8-11,14H2. The monoisotopic (exact) mass is 461 g/mol. The molecular weight excluding hydrogens is 441 g/mol. The molecule has 0 N–H and O–H groups in total. The van der Waals surface area contributed by atoms with Crippen LogP contribution in [0.3, 0.4) is 0 Å². The molecular formula is C22H21BrFNO4. The van der Waals surface area contributed by atoms with Crippen molar-refractivity contribution in [2.75, 3.05) is 19.8 Å². The molecule has 152 valence electrons. The quantitative estimate of drug-likeness (QED) is 0.427. The lowest BCUT2D eigenvalue weighted by Gasteiger charge is -2.22. The zero-order valence-corrected chi connectivity index (χ0v) is 17.4. The van der Waals surface area contributed by atoms with Crippen molar-refractivity contribution in [1.82, 2.24) is 4.90 Å². The predicted molar refractivity (Wildman–Crippen MR) is 111 cm³/mol. The SMILES string of the molecule is C=CCN(Cc1cc(Br)ccc1F)C(=O)CCC(=O)c1ccc2c(c1)OCCO2. The Morgan fingerprint density at radius 3 is 2.62 bits per heavy atom. The van der Waals surface area contributed by atoms with Crippen LogP contribution in [-0.4, -0.2) is 36.3 Å². The van der Waals surface area contributed by atoms with Gasteiger partial charge in [-0.3, -0.25) is 9.59 Å². The van der Waals surface area contributed by atoms with Crippen molar-refractivity contribution in [2.45, 2.75) is 19.4 Å². The average molecular weight is 462 g/mol. The summed E-state index contributed by atoms with van der Waals surface area (Å²) in [5.74, 6) is 0.351. The van der Waals surface area contributed by atoms with Crippen LogP contribution in [0.2, 0.25) is 0 Å². The maximum Gasteiger partial charge on any atom is 0.223 e. The minimum Gasteiger partial charge on any atom is -0.486 e. The number of benzene rings is 2. The first-order chi connectivity index (χ1) is 14.0. The molecule has 1 aliphatic rings. The van der Waals surface area contributed by atoms with Crippen molar-refractivity contribution in [3.05, 3.63) is 70.5 Å². The zero-order chi connectivity index (χ0) is 20.8. The number of rotatable bonds is 8. The smallest absolute Gasteiger partial charge is 0.223 e. The van der Waals surface area contributed by atoms with Crippen molar-refractivity contribution in [3.63, 3.8) is 0 Å². The van der Waals surface area contributed by atoms with E-state index < -0.39 is 0 Å². The lowest BCUT2D eigenvalue weighted by molar-refractivity contribution is -0.131. The fourth-order valence-corrected chi connectivity index (χ4v) is 3.43. The van der Waals surface area contributed by atoms with E-state index in [2.05, 4.69) is 22.5 Å². The number of carbonyl (C=O) groups excluding carboxylic acids is 2. The Balaban J connectivity index is 1.63. The molecule has 1 amide bonds. The number of carbonyl (C=O) groups is 2. The summed E-state index contributed by atoms with van der Waals surface area (Å²) in [7, 11) is 0. The Morgan fingerprint density at radius 2 is 1.86 bits per heavy atom. The summed E-state index contributed by atoms with van der Waals surface area (Å²) in [5.41, 5.74) is 0.864. The average Bonchev–Trinajstić information content (AvgIpc) is 2.73. The zero-order valence-electron chi connectivity index (χ0n) is 15.8. The van der Waals surface area contributed by atoms with Crippen LogP contribution in [0.4, 0.5) is 4.39 Å². The van der Waals surface area contributed by atoms with Crippen LogP contribution in [0.1, 0.15) is 28.8 Å². The third-order valence-electron chi connectivity index (χ3n) is 4.50. The van der Waals surface area contributed by atoms with Gasteiger partial charge < -0.3 is 14.4 Å². The number of amides is 1. The minimum atomic E-state index is -0.387.